The van der Waals surface area contributed by atoms with E-state index in [1.54, 1.807) is 0 Å². The van der Waals surface area contributed by atoms with Gasteiger partial charge in [-0.15, -0.1) is 0 Å². The summed E-state index contributed by atoms with van der Waals surface area (Å²) in [4.78, 5) is 2.66. The minimum atomic E-state index is -1.18. The van der Waals surface area contributed by atoms with Gasteiger partial charge in [0, 0.05) is 25.2 Å². The Balaban J connectivity index is 1.62. The van der Waals surface area contributed by atoms with Crippen molar-refractivity contribution < 1.29 is 10.0 Å². The van der Waals surface area contributed by atoms with Gasteiger partial charge < -0.3 is 15.8 Å². The maximum Gasteiger partial charge on any atom is 0.451 e. The minimum absolute atomic E-state index is 0.155. The number of unbranched alkanes of at least 4 members (excludes halogenated alkanes) is 1. The molecule has 0 amide bonds. The lowest BCUT2D eigenvalue weighted by Crippen LogP contribution is -2.52. The summed E-state index contributed by atoms with van der Waals surface area (Å²) >= 11 is 0. The SMILES string of the molecule is NC(CCCCB(O)O)C1Cc2ccccc2CN1CC1CCCCC1. The van der Waals surface area contributed by atoms with Gasteiger partial charge in [-0.2, -0.15) is 0 Å². The zero-order valence-corrected chi connectivity index (χ0v) is 16.0. The Morgan fingerprint density at radius 1 is 1.08 bits per heavy atom. The Kier molecular flexibility index (Phi) is 7.56. The number of hydrogen-bond donors (Lipinski definition) is 3. The van der Waals surface area contributed by atoms with E-state index in [2.05, 4.69) is 29.2 Å². The Labute approximate surface area is 158 Å². The summed E-state index contributed by atoms with van der Waals surface area (Å²) in [6, 6.07) is 9.38. The molecule has 1 fully saturated rings. The Morgan fingerprint density at radius 2 is 1.81 bits per heavy atom. The van der Waals surface area contributed by atoms with Gasteiger partial charge in [0.2, 0.25) is 0 Å². The molecule has 4 nitrogen and oxygen atoms in total. The van der Waals surface area contributed by atoms with Crippen LogP contribution in [0.2, 0.25) is 6.32 Å². The average Bonchev–Trinajstić information content (AvgIpc) is 2.65. The molecule has 1 heterocycles. The predicted molar refractivity (Wildman–Crippen MR) is 108 cm³/mol. The highest BCUT2D eigenvalue weighted by molar-refractivity contribution is 6.40. The standard InChI is InChI=1S/C21H35BN2O2/c23-20(12-6-7-13-22(25)26)21-14-18-10-4-5-11-19(18)16-24(21)15-17-8-2-1-3-9-17/h4-5,10-11,17,20-21,25-26H,1-3,6-9,12-16,23H2. The largest absolute Gasteiger partial charge is 0.451 e. The van der Waals surface area contributed by atoms with E-state index in [9.17, 15) is 0 Å². The van der Waals surface area contributed by atoms with Gasteiger partial charge in [0.1, 0.15) is 0 Å². The fourth-order valence-corrected chi connectivity index (χ4v) is 4.82. The van der Waals surface area contributed by atoms with E-state index in [0.717, 1.165) is 38.1 Å². The molecule has 2 atom stereocenters. The van der Waals surface area contributed by atoms with E-state index in [1.165, 1.54) is 49.8 Å². The van der Waals surface area contributed by atoms with Crippen molar-refractivity contribution in [1.29, 1.82) is 0 Å². The molecule has 1 aliphatic carbocycles. The molecule has 1 aliphatic heterocycles. The van der Waals surface area contributed by atoms with Crippen molar-refractivity contribution in [3.63, 3.8) is 0 Å². The molecule has 0 saturated heterocycles. The van der Waals surface area contributed by atoms with Crippen LogP contribution in [-0.2, 0) is 13.0 Å². The third-order valence-electron chi connectivity index (χ3n) is 6.35. The van der Waals surface area contributed by atoms with Gasteiger partial charge in [-0.05, 0) is 49.0 Å². The first-order valence-corrected chi connectivity index (χ1v) is 10.6. The molecular formula is C21H35BN2O2. The van der Waals surface area contributed by atoms with Gasteiger partial charge in [0.15, 0.2) is 0 Å². The summed E-state index contributed by atoms with van der Waals surface area (Å²) < 4.78 is 0. The zero-order chi connectivity index (χ0) is 18.4. The minimum Gasteiger partial charge on any atom is -0.427 e. The molecular weight excluding hydrogens is 323 g/mol. The van der Waals surface area contributed by atoms with E-state index in [1.807, 2.05) is 0 Å². The van der Waals surface area contributed by atoms with Gasteiger partial charge in [0.25, 0.3) is 0 Å². The van der Waals surface area contributed by atoms with Crippen LogP contribution in [0.4, 0.5) is 0 Å². The zero-order valence-electron chi connectivity index (χ0n) is 16.0. The van der Waals surface area contributed by atoms with Crippen LogP contribution in [-0.4, -0.2) is 40.7 Å². The lowest BCUT2D eigenvalue weighted by molar-refractivity contribution is 0.109. The van der Waals surface area contributed by atoms with Crippen LogP contribution >= 0.6 is 0 Å². The van der Waals surface area contributed by atoms with Crippen molar-refractivity contribution in [2.45, 2.75) is 82.7 Å². The first-order chi connectivity index (χ1) is 12.6. The fraction of sp³-hybridized carbons (Fsp3) is 0.714. The van der Waals surface area contributed by atoms with Crippen molar-refractivity contribution in [2.75, 3.05) is 6.54 Å². The molecule has 3 rings (SSSR count). The maximum atomic E-state index is 9.02. The molecule has 1 saturated carbocycles. The predicted octanol–water partition coefficient (Wildman–Crippen LogP) is 2.96. The average molecular weight is 358 g/mol. The van der Waals surface area contributed by atoms with Crippen LogP contribution in [0.1, 0.15) is 62.5 Å². The van der Waals surface area contributed by atoms with Gasteiger partial charge in [-0.1, -0.05) is 56.4 Å². The molecule has 0 aromatic heterocycles. The number of rotatable bonds is 8. The molecule has 5 heteroatoms. The summed E-state index contributed by atoms with van der Waals surface area (Å²) in [5.41, 5.74) is 9.58. The van der Waals surface area contributed by atoms with Crippen molar-refractivity contribution >= 4 is 7.12 Å². The lowest BCUT2D eigenvalue weighted by atomic mass is 9.82. The van der Waals surface area contributed by atoms with E-state index >= 15 is 0 Å². The highest BCUT2D eigenvalue weighted by Crippen LogP contribution is 2.30. The van der Waals surface area contributed by atoms with Crippen molar-refractivity contribution in [3.05, 3.63) is 35.4 Å². The second kappa shape index (κ2) is 9.89. The molecule has 0 bridgehead atoms. The summed E-state index contributed by atoms with van der Waals surface area (Å²) in [6.45, 7) is 2.21. The monoisotopic (exact) mass is 358 g/mol. The fourth-order valence-electron chi connectivity index (χ4n) is 4.82. The van der Waals surface area contributed by atoms with Crippen LogP contribution in [0, 0.1) is 5.92 Å². The Bertz CT molecular complexity index is 549. The summed E-state index contributed by atoms with van der Waals surface area (Å²) in [6.07, 6.45) is 11.2. The van der Waals surface area contributed by atoms with Crippen molar-refractivity contribution in [2.24, 2.45) is 11.7 Å². The molecule has 26 heavy (non-hydrogen) atoms. The molecule has 1 aromatic carbocycles. The summed E-state index contributed by atoms with van der Waals surface area (Å²) in [5.74, 6) is 0.827. The Hall–Kier alpha value is -0.875. The van der Waals surface area contributed by atoms with Crippen LogP contribution in [0.25, 0.3) is 0 Å². The number of nitrogens with two attached hydrogens (primary N) is 1. The van der Waals surface area contributed by atoms with Gasteiger partial charge >= 0.3 is 7.12 Å². The molecule has 0 radical (unpaired) electrons. The van der Waals surface area contributed by atoms with E-state index < -0.39 is 7.12 Å². The van der Waals surface area contributed by atoms with Gasteiger partial charge in [-0.25, -0.2) is 0 Å². The van der Waals surface area contributed by atoms with Crippen LogP contribution in [0.15, 0.2) is 24.3 Å². The normalized spacial score (nSPS) is 22.8. The number of benzene rings is 1. The lowest BCUT2D eigenvalue weighted by Gasteiger charge is -2.42. The smallest absolute Gasteiger partial charge is 0.427 e. The first kappa shape index (κ1) is 19.9. The number of hydrogen-bond acceptors (Lipinski definition) is 4. The third kappa shape index (κ3) is 5.56. The molecule has 2 unspecified atom stereocenters. The molecule has 2 aliphatic rings. The molecule has 144 valence electrons. The number of nitrogens with zero attached hydrogens (tertiary/aromatic N) is 1. The summed E-state index contributed by atoms with van der Waals surface area (Å²) in [7, 11) is -1.18. The van der Waals surface area contributed by atoms with Crippen LogP contribution < -0.4 is 5.73 Å². The van der Waals surface area contributed by atoms with E-state index in [0.29, 0.717) is 12.4 Å². The second-order valence-corrected chi connectivity index (χ2v) is 8.40. The van der Waals surface area contributed by atoms with Crippen molar-refractivity contribution in [1.82, 2.24) is 4.90 Å². The number of fused-ring (bicyclic) bond motifs is 1. The highest BCUT2D eigenvalue weighted by Gasteiger charge is 2.31. The highest BCUT2D eigenvalue weighted by atomic mass is 16.4. The summed E-state index contributed by atoms with van der Waals surface area (Å²) in [5, 5.41) is 18.0. The molecule has 1 aromatic rings. The molecule has 4 N–H and O–H groups in total. The van der Waals surface area contributed by atoms with Crippen LogP contribution in [0.5, 0.6) is 0 Å². The van der Waals surface area contributed by atoms with Gasteiger partial charge in [0.05, 0.1) is 0 Å². The first-order valence-electron chi connectivity index (χ1n) is 10.6. The van der Waals surface area contributed by atoms with E-state index in [-0.39, 0.29) is 6.04 Å². The topological polar surface area (TPSA) is 69.7 Å². The Morgan fingerprint density at radius 3 is 2.54 bits per heavy atom. The van der Waals surface area contributed by atoms with Crippen LogP contribution in [0.3, 0.4) is 0 Å². The second-order valence-electron chi connectivity index (χ2n) is 8.40. The third-order valence-corrected chi connectivity index (χ3v) is 6.35. The van der Waals surface area contributed by atoms with Gasteiger partial charge in [-0.3, -0.25) is 4.90 Å². The van der Waals surface area contributed by atoms with E-state index in [4.69, 9.17) is 15.8 Å². The van der Waals surface area contributed by atoms with Crippen molar-refractivity contribution in [3.8, 4) is 0 Å². The quantitative estimate of drug-likeness (QED) is 0.494. The molecule has 0 spiro atoms. The maximum absolute atomic E-state index is 9.02.